The molecule has 1 aromatic carbocycles. The lowest BCUT2D eigenvalue weighted by molar-refractivity contribution is -0.114. The Morgan fingerprint density at radius 3 is 2.74 bits per heavy atom. The van der Waals surface area contributed by atoms with Crippen molar-refractivity contribution in [2.24, 2.45) is 0 Å². The Balaban J connectivity index is 2.46. The van der Waals surface area contributed by atoms with Gasteiger partial charge in [0.15, 0.2) is 0 Å². The molecule has 5 heteroatoms. The van der Waals surface area contributed by atoms with Gasteiger partial charge >= 0.3 is 5.97 Å². The van der Waals surface area contributed by atoms with Crippen molar-refractivity contribution >= 4 is 39.0 Å². The SMILES string of the molecule is CCOC(=O)c1sc2ccc(NC(C)=O)cc2c1C. The van der Waals surface area contributed by atoms with Gasteiger partial charge in [0.05, 0.1) is 6.61 Å². The first-order valence-corrected chi connectivity index (χ1v) is 6.82. The van der Waals surface area contributed by atoms with Crippen LogP contribution < -0.4 is 5.32 Å². The number of amides is 1. The largest absolute Gasteiger partial charge is 0.462 e. The normalized spacial score (nSPS) is 10.5. The number of aryl methyl sites for hydroxylation is 1. The first kappa shape index (κ1) is 13.5. The zero-order valence-electron chi connectivity index (χ0n) is 11.1. The molecular formula is C14H15NO3S. The van der Waals surface area contributed by atoms with Crippen molar-refractivity contribution < 1.29 is 14.3 Å². The van der Waals surface area contributed by atoms with E-state index in [-0.39, 0.29) is 11.9 Å². The molecule has 0 aliphatic rings. The van der Waals surface area contributed by atoms with Gasteiger partial charge in [-0.05, 0) is 43.0 Å². The number of anilines is 1. The molecule has 0 spiro atoms. The smallest absolute Gasteiger partial charge is 0.348 e. The van der Waals surface area contributed by atoms with Crippen molar-refractivity contribution in [3.63, 3.8) is 0 Å². The van der Waals surface area contributed by atoms with Crippen molar-refractivity contribution in [3.05, 3.63) is 28.6 Å². The van der Waals surface area contributed by atoms with Crippen LogP contribution in [0.4, 0.5) is 5.69 Å². The average molecular weight is 277 g/mol. The highest BCUT2D eigenvalue weighted by molar-refractivity contribution is 7.21. The molecule has 100 valence electrons. The van der Waals surface area contributed by atoms with Crippen LogP contribution in [0.25, 0.3) is 10.1 Å². The number of hydrogen-bond donors (Lipinski definition) is 1. The van der Waals surface area contributed by atoms with E-state index < -0.39 is 0 Å². The molecule has 0 aliphatic carbocycles. The van der Waals surface area contributed by atoms with E-state index in [4.69, 9.17) is 4.74 Å². The molecular weight excluding hydrogens is 262 g/mol. The van der Waals surface area contributed by atoms with E-state index in [2.05, 4.69) is 5.32 Å². The summed E-state index contributed by atoms with van der Waals surface area (Å²) in [5.74, 6) is -0.403. The van der Waals surface area contributed by atoms with Crippen LogP contribution in [-0.2, 0) is 9.53 Å². The molecule has 2 rings (SSSR count). The Morgan fingerprint density at radius 2 is 2.11 bits per heavy atom. The maximum Gasteiger partial charge on any atom is 0.348 e. The van der Waals surface area contributed by atoms with Crippen LogP contribution in [0.3, 0.4) is 0 Å². The third-order valence-corrected chi connectivity index (χ3v) is 3.97. The van der Waals surface area contributed by atoms with Gasteiger partial charge in [-0.2, -0.15) is 0 Å². The number of ether oxygens (including phenoxy) is 1. The third-order valence-electron chi connectivity index (χ3n) is 2.72. The van der Waals surface area contributed by atoms with Gasteiger partial charge in [0.2, 0.25) is 5.91 Å². The van der Waals surface area contributed by atoms with Gasteiger partial charge < -0.3 is 10.1 Å². The van der Waals surface area contributed by atoms with E-state index in [0.29, 0.717) is 11.5 Å². The minimum atomic E-state index is -0.290. The molecule has 0 unspecified atom stereocenters. The van der Waals surface area contributed by atoms with Crippen LogP contribution in [-0.4, -0.2) is 18.5 Å². The van der Waals surface area contributed by atoms with Crippen molar-refractivity contribution in [2.75, 3.05) is 11.9 Å². The Morgan fingerprint density at radius 1 is 1.37 bits per heavy atom. The molecule has 4 nitrogen and oxygen atoms in total. The van der Waals surface area contributed by atoms with E-state index in [1.807, 2.05) is 25.1 Å². The summed E-state index contributed by atoms with van der Waals surface area (Å²) in [5, 5.41) is 3.71. The molecule has 2 aromatic rings. The topological polar surface area (TPSA) is 55.4 Å². The zero-order valence-corrected chi connectivity index (χ0v) is 11.9. The molecule has 1 amide bonds. The number of carbonyl (C=O) groups is 2. The second-order valence-electron chi connectivity index (χ2n) is 4.17. The lowest BCUT2D eigenvalue weighted by atomic mass is 10.1. The van der Waals surface area contributed by atoms with Crippen molar-refractivity contribution in [1.29, 1.82) is 0 Å². The molecule has 0 saturated carbocycles. The fourth-order valence-corrected chi connectivity index (χ4v) is 2.98. The molecule has 0 atom stereocenters. The number of rotatable bonds is 3. The Kier molecular flexibility index (Phi) is 3.85. The highest BCUT2D eigenvalue weighted by Gasteiger charge is 2.16. The van der Waals surface area contributed by atoms with Crippen molar-refractivity contribution in [3.8, 4) is 0 Å². The van der Waals surface area contributed by atoms with Gasteiger partial charge in [-0.15, -0.1) is 11.3 Å². The van der Waals surface area contributed by atoms with E-state index in [1.54, 1.807) is 6.92 Å². The number of fused-ring (bicyclic) bond motifs is 1. The predicted molar refractivity (Wildman–Crippen MR) is 76.8 cm³/mol. The monoisotopic (exact) mass is 277 g/mol. The molecule has 19 heavy (non-hydrogen) atoms. The zero-order chi connectivity index (χ0) is 14.0. The van der Waals surface area contributed by atoms with Crippen molar-refractivity contribution in [1.82, 2.24) is 0 Å². The summed E-state index contributed by atoms with van der Waals surface area (Å²) < 4.78 is 6.04. The fourth-order valence-electron chi connectivity index (χ4n) is 1.89. The third kappa shape index (κ3) is 2.76. The van der Waals surface area contributed by atoms with E-state index in [9.17, 15) is 9.59 Å². The van der Waals surface area contributed by atoms with E-state index in [1.165, 1.54) is 18.3 Å². The highest BCUT2D eigenvalue weighted by Crippen LogP contribution is 2.33. The van der Waals surface area contributed by atoms with Gasteiger partial charge in [-0.1, -0.05) is 0 Å². The van der Waals surface area contributed by atoms with Gasteiger partial charge in [0, 0.05) is 17.3 Å². The number of hydrogen-bond acceptors (Lipinski definition) is 4. The Hall–Kier alpha value is -1.88. The number of carbonyl (C=O) groups excluding carboxylic acids is 2. The van der Waals surface area contributed by atoms with Gasteiger partial charge in [-0.25, -0.2) is 4.79 Å². The molecule has 1 heterocycles. The molecule has 0 bridgehead atoms. The molecule has 0 aliphatic heterocycles. The fraction of sp³-hybridized carbons (Fsp3) is 0.286. The molecule has 1 aromatic heterocycles. The van der Waals surface area contributed by atoms with Crippen LogP contribution >= 0.6 is 11.3 Å². The Labute approximate surface area is 115 Å². The van der Waals surface area contributed by atoms with Crippen LogP contribution in [0.1, 0.15) is 29.1 Å². The summed E-state index contributed by atoms with van der Waals surface area (Å²) in [6.45, 7) is 5.51. The van der Waals surface area contributed by atoms with E-state index in [0.717, 1.165) is 21.3 Å². The van der Waals surface area contributed by atoms with Crippen molar-refractivity contribution in [2.45, 2.75) is 20.8 Å². The highest BCUT2D eigenvalue weighted by atomic mass is 32.1. The standard InChI is InChI=1S/C14H15NO3S/c1-4-18-14(17)13-8(2)11-7-10(15-9(3)16)5-6-12(11)19-13/h5-7H,4H2,1-3H3,(H,15,16). The first-order valence-electron chi connectivity index (χ1n) is 6.00. The number of nitrogens with one attached hydrogen (secondary N) is 1. The summed E-state index contributed by atoms with van der Waals surface area (Å²) in [6.07, 6.45) is 0. The summed E-state index contributed by atoms with van der Waals surface area (Å²) in [7, 11) is 0. The van der Waals surface area contributed by atoms with Crippen LogP contribution in [0.15, 0.2) is 18.2 Å². The van der Waals surface area contributed by atoms with Gasteiger partial charge in [0.1, 0.15) is 4.88 Å². The summed E-state index contributed by atoms with van der Waals surface area (Å²) in [4.78, 5) is 23.5. The quantitative estimate of drug-likeness (QED) is 0.875. The number of esters is 1. The van der Waals surface area contributed by atoms with Crippen LogP contribution in [0.5, 0.6) is 0 Å². The second kappa shape index (κ2) is 5.40. The number of benzene rings is 1. The van der Waals surface area contributed by atoms with Crippen LogP contribution in [0, 0.1) is 6.92 Å². The molecule has 1 N–H and O–H groups in total. The van der Waals surface area contributed by atoms with Gasteiger partial charge in [0.25, 0.3) is 0 Å². The maximum absolute atomic E-state index is 11.8. The van der Waals surface area contributed by atoms with Crippen LogP contribution in [0.2, 0.25) is 0 Å². The first-order chi connectivity index (χ1) is 9.02. The maximum atomic E-state index is 11.8. The second-order valence-corrected chi connectivity index (χ2v) is 5.22. The lowest BCUT2D eigenvalue weighted by Gasteiger charge is -2.02. The average Bonchev–Trinajstić information content (AvgIpc) is 2.67. The lowest BCUT2D eigenvalue weighted by Crippen LogP contribution is -2.05. The number of thiophene rings is 1. The minimum Gasteiger partial charge on any atom is -0.462 e. The van der Waals surface area contributed by atoms with E-state index >= 15 is 0 Å². The summed E-state index contributed by atoms with van der Waals surface area (Å²) in [5.41, 5.74) is 1.63. The summed E-state index contributed by atoms with van der Waals surface area (Å²) >= 11 is 1.41. The molecule has 0 fully saturated rings. The van der Waals surface area contributed by atoms with Gasteiger partial charge in [-0.3, -0.25) is 4.79 Å². The summed E-state index contributed by atoms with van der Waals surface area (Å²) in [6, 6.07) is 5.61. The predicted octanol–water partition coefficient (Wildman–Crippen LogP) is 3.34. The minimum absolute atomic E-state index is 0.113. The Bertz CT molecular complexity index is 645. The molecule has 0 saturated heterocycles. The molecule has 0 radical (unpaired) electrons.